The molecule has 0 saturated heterocycles. The number of ether oxygens (including phenoxy) is 2. The second-order valence-electron chi connectivity index (χ2n) is 6.82. The molecule has 0 radical (unpaired) electrons. The molecule has 0 atom stereocenters. The molecule has 0 bridgehead atoms. The highest BCUT2D eigenvalue weighted by Crippen LogP contribution is 2.29. The van der Waals surface area contributed by atoms with Crippen molar-refractivity contribution in [1.29, 1.82) is 0 Å². The van der Waals surface area contributed by atoms with Crippen LogP contribution in [0.2, 0.25) is 0 Å². The fraction of sp³-hybridized carbons (Fsp3) is 0.217. The van der Waals surface area contributed by atoms with Gasteiger partial charge in [-0.1, -0.05) is 60.1 Å². The van der Waals surface area contributed by atoms with Crippen LogP contribution in [0.1, 0.15) is 30.9 Å². The number of carbonyl (C=O) groups is 1. The van der Waals surface area contributed by atoms with E-state index in [4.69, 9.17) is 9.47 Å². The van der Waals surface area contributed by atoms with Gasteiger partial charge in [-0.3, -0.25) is 4.79 Å². The first-order valence-corrected chi connectivity index (χ1v) is 10.1. The van der Waals surface area contributed by atoms with Crippen LogP contribution in [0.4, 0.5) is 0 Å². The molecular formula is C23H23BrN2O3. The van der Waals surface area contributed by atoms with Gasteiger partial charge in [0.2, 0.25) is 0 Å². The zero-order chi connectivity index (χ0) is 20.8. The highest BCUT2D eigenvalue weighted by Gasteiger charge is 2.11. The van der Waals surface area contributed by atoms with Crippen LogP contribution in [0.15, 0.2) is 64.2 Å². The predicted molar refractivity (Wildman–Crippen MR) is 120 cm³/mol. The summed E-state index contributed by atoms with van der Waals surface area (Å²) >= 11 is 3.47. The summed E-state index contributed by atoms with van der Waals surface area (Å²) in [4.78, 5) is 12.2. The molecule has 1 amide bonds. The summed E-state index contributed by atoms with van der Waals surface area (Å²) in [6.07, 6.45) is 1.60. The van der Waals surface area contributed by atoms with E-state index in [1.165, 1.54) is 0 Å². The van der Waals surface area contributed by atoms with Crippen molar-refractivity contribution in [2.75, 3.05) is 13.7 Å². The van der Waals surface area contributed by atoms with Crippen molar-refractivity contribution in [2.45, 2.75) is 19.8 Å². The number of methoxy groups -OCH3 is 1. The first-order chi connectivity index (χ1) is 14.0. The topological polar surface area (TPSA) is 59.9 Å². The number of nitrogens with zero attached hydrogens (tertiary/aromatic N) is 1. The molecule has 0 aromatic heterocycles. The SMILES string of the molecule is COc1ccc2ccccc2c1/C=N/NC(=O)COc1ccc(Br)cc1C(C)C. The average Bonchev–Trinajstić information content (AvgIpc) is 2.72. The van der Waals surface area contributed by atoms with Crippen LogP contribution in [0.5, 0.6) is 11.5 Å². The lowest BCUT2D eigenvalue weighted by atomic mass is 10.0. The highest BCUT2D eigenvalue weighted by atomic mass is 79.9. The van der Waals surface area contributed by atoms with E-state index in [-0.39, 0.29) is 18.4 Å². The van der Waals surface area contributed by atoms with Crippen LogP contribution in [-0.4, -0.2) is 25.8 Å². The molecule has 0 aliphatic carbocycles. The minimum atomic E-state index is -0.335. The molecule has 0 aliphatic heterocycles. The van der Waals surface area contributed by atoms with E-state index in [1.807, 2.05) is 54.6 Å². The zero-order valence-corrected chi connectivity index (χ0v) is 18.2. The second-order valence-corrected chi connectivity index (χ2v) is 7.74. The fourth-order valence-electron chi connectivity index (χ4n) is 3.03. The van der Waals surface area contributed by atoms with Gasteiger partial charge in [0.05, 0.1) is 13.3 Å². The lowest BCUT2D eigenvalue weighted by Gasteiger charge is -2.14. The lowest BCUT2D eigenvalue weighted by Crippen LogP contribution is -2.25. The van der Waals surface area contributed by atoms with Crippen molar-refractivity contribution in [3.05, 3.63) is 70.2 Å². The Hall–Kier alpha value is -2.86. The first-order valence-electron chi connectivity index (χ1n) is 9.29. The Kier molecular flexibility index (Phi) is 6.88. The number of hydrogen-bond donors (Lipinski definition) is 1. The third kappa shape index (κ3) is 5.15. The molecule has 1 N–H and O–H groups in total. The highest BCUT2D eigenvalue weighted by molar-refractivity contribution is 9.10. The largest absolute Gasteiger partial charge is 0.496 e. The van der Waals surface area contributed by atoms with E-state index in [0.717, 1.165) is 26.4 Å². The van der Waals surface area contributed by atoms with Gasteiger partial charge in [0.15, 0.2) is 6.61 Å². The molecule has 29 heavy (non-hydrogen) atoms. The monoisotopic (exact) mass is 454 g/mol. The fourth-order valence-corrected chi connectivity index (χ4v) is 3.41. The van der Waals surface area contributed by atoms with Gasteiger partial charge < -0.3 is 9.47 Å². The average molecular weight is 455 g/mol. The van der Waals surface area contributed by atoms with Crippen LogP contribution >= 0.6 is 15.9 Å². The summed E-state index contributed by atoms with van der Waals surface area (Å²) in [7, 11) is 1.61. The van der Waals surface area contributed by atoms with Gasteiger partial charge in [0, 0.05) is 10.0 Å². The van der Waals surface area contributed by atoms with Crippen LogP contribution in [0, 0.1) is 0 Å². The normalized spacial score (nSPS) is 11.2. The Bertz CT molecular complexity index is 1050. The van der Waals surface area contributed by atoms with E-state index in [0.29, 0.717) is 11.5 Å². The molecule has 0 spiro atoms. The standard InChI is InChI=1S/C23H23BrN2O3/c1-15(2)19-12-17(24)9-11-22(19)29-14-23(27)26-25-13-20-18-7-5-4-6-16(18)8-10-21(20)28-3/h4-13,15H,14H2,1-3H3,(H,26,27)/b25-13+. The van der Waals surface area contributed by atoms with Gasteiger partial charge in [-0.25, -0.2) is 5.43 Å². The molecule has 3 rings (SSSR count). The number of fused-ring (bicyclic) bond motifs is 1. The Morgan fingerprint density at radius 2 is 1.90 bits per heavy atom. The van der Waals surface area contributed by atoms with Crippen molar-refractivity contribution in [2.24, 2.45) is 5.10 Å². The molecule has 3 aromatic carbocycles. The van der Waals surface area contributed by atoms with Gasteiger partial charge in [-0.15, -0.1) is 0 Å². The molecule has 0 unspecified atom stereocenters. The molecule has 0 aliphatic rings. The van der Waals surface area contributed by atoms with Crippen molar-refractivity contribution in [3.8, 4) is 11.5 Å². The smallest absolute Gasteiger partial charge is 0.277 e. The molecule has 0 saturated carbocycles. The first kappa shape index (κ1) is 20.9. The Balaban J connectivity index is 1.68. The number of hydrazone groups is 1. The van der Waals surface area contributed by atoms with E-state index in [9.17, 15) is 4.79 Å². The van der Waals surface area contributed by atoms with Crippen molar-refractivity contribution < 1.29 is 14.3 Å². The summed E-state index contributed by atoms with van der Waals surface area (Å²) in [6, 6.07) is 17.6. The third-order valence-electron chi connectivity index (χ3n) is 4.49. The van der Waals surface area contributed by atoms with Crippen LogP contribution in [0.25, 0.3) is 10.8 Å². The van der Waals surface area contributed by atoms with E-state index in [2.05, 4.69) is 40.3 Å². The molecule has 6 heteroatoms. The maximum Gasteiger partial charge on any atom is 0.277 e. The zero-order valence-electron chi connectivity index (χ0n) is 16.6. The Morgan fingerprint density at radius 1 is 1.14 bits per heavy atom. The Labute approximate surface area is 178 Å². The third-order valence-corrected chi connectivity index (χ3v) is 4.98. The van der Waals surface area contributed by atoms with Crippen LogP contribution < -0.4 is 14.9 Å². The molecule has 0 fully saturated rings. The number of hydrogen-bond acceptors (Lipinski definition) is 4. The lowest BCUT2D eigenvalue weighted by molar-refractivity contribution is -0.123. The van der Waals surface area contributed by atoms with E-state index < -0.39 is 0 Å². The molecule has 0 heterocycles. The second kappa shape index (κ2) is 9.56. The van der Waals surface area contributed by atoms with Gasteiger partial charge in [0.25, 0.3) is 5.91 Å². The summed E-state index contributed by atoms with van der Waals surface area (Å²) in [6.45, 7) is 4.04. The van der Waals surface area contributed by atoms with Crippen molar-refractivity contribution >= 4 is 38.8 Å². The molecular weight excluding hydrogens is 432 g/mol. The van der Waals surface area contributed by atoms with Gasteiger partial charge >= 0.3 is 0 Å². The summed E-state index contributed by atoms with van der Waals surface area (Å²) in [5, 5.41) is 6.16. The number of benzene rings is 3. The maximum absolute atomic E-state index is 12.2. The number of amides is 1. The summed E-state index contributed by atoms with van der Waals surface area (Å²) in [5.41, 5.74) is 4.36. The quantitative estimate of drug-likeness (QED) is 0.391. The molecule has 3 aromatic rings. The predicted octanol–water partition coefficient (Wildman–Crippen LogP) is 5.26. The van der Waals surface area contributed by atoms with Crippen LogP contribution in [0.3, 0.4) is 0 Å². The summed E-state index contributed by atoms with van der Waals surface area (Å²) < 4.78 is 12.1. The number of halogens is 1. The van der Waals surface area contributed by atoms with Crippen molar-refractivity contribution in [1.82, 2.24) is 5.43 Å². The van der Waals surface area contributed by atoms with E-state index >= 15 is 0 Å². The molecule has 5 nitrogen and oxygen atoms in total. The van der Waals surface area contributed by atoms with Crippen molar-refractivity contribution in [3.63, 3.8) is 0 Å². The number of nitrogens with one attached hydrogen (secondary N) is 1. The van der Waals surface area contributed by atoms with Gasteiger partial charge in [0.1, 0.15) is 11.5 Å². The molecule has 150 valence electrons. The van der Waals surface area contributed by atoms with Gasteiger partial charge in [-0.2, -0.15) is 5.10 Å². The maximum atomic E-state index is 12.2. The van der Waals surface area contributed by atoms with Crippen LogP contribution in [-0.2, 0) is 4.79 Å². The number of carbonyl (C=O) groups excluding carboxylic acids is 1. The minimum Gasteiger partial charge on any atom is -0.496 e. The Morgan fingerprint density at radius 3 is 2.66 bits per heavy atom. The summed E-state index contributed by atoms with van der Waals surface area (Å²) in [5.74, 6) is 1.33. The number of rotatable bonds is 7. The minimum absolute atomic E-state index is 0.120. The van der Waals surface area contributed by atoms with E-state index in [1.54, 1.807) is 13.3 Å². The van der Waals surface area contributed by atoms with Gasteiger partial charge in [-0.05, 0) is 46.5 Å².